The number of hydrogen-bond donors (Lipinski definition) is 1. The Balaban J connectivity index is 1.70. The van der Waals surface area contributed by atoms with Gasteiger partial charge in [0.25, 0.3) is 0 Å². The molecule has 1 fully saturated rings. The Labute approximate surface area is 139 Å². The summed E-state index contributed by atoms with van der Waals surface area (Å²) in [7, 11) is 0. The molecular weight excluding hydrogens is 308 g/mol. The van der Waals surface area contributed by atoms with E-state index in [1.54, 1.807) is 9.47 Å². The summed E-state index contributed by atoms with van der Waals surface area (Å²) in [5.74, 6) is -0.396. The molecule has 7 heteroatoms. The summed E-state index contributed by atoms with van der Waals surface area (Å²) in [5, 5.41) is 2.63. The van der Waals surface area contributed by atoms with Crippen molar-refractivity contribution in [3.63, 3.8) is 0 Å². The van der Waals surface area contributed by atoms with Crippen LogP contribution in [-0.4, -0.2) is 45.5 Å². The fourth-order valence-electron chi connectivity index (χ4n) is 3.18. The lowest BCUT2D eigenvalue weighted by molar-refractivity contribution is -0.132. The van der Waals surface area contributed by atoms with E-state index in [2.05, 4.69) is 5.32 Å². The number of rotatable bonds is 5. The first kappa shape index (κ1) is 16.3. The number of carbonyl (C=O) groups excluding carboxylic acids is 2. The molecule has 0 radical (unpaired) electrons. The Morgan fingerprint density at radius 2 is 1.71 bits per heavy atom. The average molecular weight is 330 g/mol. The molecule has 1 aromatic heterocycles. The van der Waals surface area contributed by atoms with Gasteiger partial charge in [-0.25, -0.2) is 4.79 Å². The number of aromatic nitrogens is 2. The van der Waals surface area contributed by atoms with Gasteiger partial charge in [0.15, 0.2) is 0 Å². The Bertz CT molecular complexity index is 815. The standard InChI is InChI=1S/C17H22N4O3/c1-2-20-13-7-3-4-8-14(13)21(17(20)24)12-15(22)18-11-16(23)19-9-5-6-10-19/h3-4,7-8H,2,5-6,9-12H2,1H3,(H,18,22). The lowest BCUT2D eigenvalue weighted by Gasteiger charge is -2.15. The topological polar surface area (TPSA) is 76.3 Å². The van der Waals surface area contributed by atoms with Crippen molar-refractivity contribution in [3.05, 3.63) is 34.7 Å². The first-order valence-electron chi connectivity index (χ1n) is 8.34. The number of fused-ring (bicyclic) bond motifs is 1. The predicted octanol–water partition coefficient (Wildman–Crippen LogP) is 0.562. The summed E-state index contributed by atoms with van der Waals surface area (Å²) in [4.78, 5) is 38.4. The van der Waals surface area contributed by atoms with Gasteiger partial charge in [-0.3, -0.25) is 18.7 Å². The normalized spacial score (nSPS) is 14.3. The van der Waals surface area contributed by atoms with Crippen LogP contribution in [0.1, 0.15) is 19.8 Å². The van der Waals surface area contributed by atoms with E-state index in [1.165, 1.54) is 4.57 Å². The van der Waals surface area contributed by atoms with Crippen molar-refractivity contribution < 1.29 is 9.59 Å². The minimum atomic E-state index is -0.330. The fourth-order valence-corrected chi connectivity index (χ4v) is 3.18. The SMILES string of the molecule is CCn1c(=O)n(CC(=O)NCC(=O)N2CCCC2)c2ccccc21. The average Bonchev–Trinajstić information content (AvgIpc) is 3.21. The molecule has 0 atom stereocenters. The van der Waals surface area contributed by atoms with Crippen LogP contribution >= 0.6 is 0 Å². The maximum atomic E-state index is 12.5. The second kappa shape index (κ2) is 6.90. The summed E-state index contributed by atoms with van der Waals surface area (Å²) in [6.07, 6.45) is 2.04. The molecule has 0 unspecified atom stereocenters. The number of amides is 2. The highest BCUT2D eigenvalue weighted by Crippen LogP contribution is 2.12. The summed E-state index contributed by atoms with van der Waals surface area (Å²) in [6, 6.07) is 7.40. The summed E-state index contributed by atoms with van der Waals surface area (Å²) >= 11 is 0. The predicted molar refractivity (Wildman–Crippen MR) is 90.7 cm³/mol. The molecule has 1 aromatic carbocycles. The molecule has 2 heterocycles. The number of benzene rings is 1. The molecule has 7 nitrogen and oxygen atoms in total. The number of likely N-dealkylation sites (tertiary alicyclic amines) is 1. The van der Waals surface area contributed by atoms with Crippen LogP contribution < -0.4 is 11.0 Å². The van der Waals surface area contributed by atoms with E-state index in [0.717, 1.165) is 37.0 Å². The van der Waals surface area contributed by atoms with Gasteiger partial charge in [-0.1, -0.05) is 12.1 Å². The van der Waals surface area contributed by atoms with Gasteiger partial charge < -0.3 is 10.2 Å². The molecule has 24 heavy (non-hydrogen) atoms. The smallest absolute Gasteiger partial charge is 0.329 e. The van der Waals surface area contributed by atoms with Crippen LogP contribution in [0, 0.1) is 0 Å². The highest BCUT2D eigenvalue weighted by molar-refractivity contribution is 5.86. The number of hydrogen-bond acceptors (Lipinski definition) is 3. The summed E-state index contributed by atoms with van der Waals surface area (Å²) < 4.78 is 3.09. The number of para-hydroxylation sites is 2. The maximum absolute atomic E-state index is 12.5. The van der Waals surface area contributed by atoms with Gasteiger partial charge in [-0.15, -0.1) is 0 Å². The number of imidazole rings is 1. The van der Waals surface area contributed by atoms with E-state index in [0.29, 0.717) is 6.54 Å². The lowest BCUT2D eigenvalue weighted by atomic mass is 10.3. The van der Waals surface area contributed by atoms with Crippen LogP contribution in [0.15, 0.2) is 29.1 Å². The van der Waals surface area contributed by atoms with Crippen LogP contribution in [0.5, 0.6) is 0 Å². The molecule has 0 spiro atoms. The molecule has 1 aliphatic rings. The molecule has 0 aliphatic carbocycles. The van der Waals surface area contributed by atoms with E-state index in [1.807, 2.05) is 31.2 Å². The third-order valence-corrected chi connectivity index (χ3v) is 4.44. The summed E-state index contributed by atoms with van der Waals surface area (Å²) in [6.45, 7) is 3.87. The molecule has 1 aliphatic heterocycles. The molecular formula is C17H22N4O3. The van der Waals surface area contributed by atoms with Gasteiger partial charge >= 0.3 is 5.69 Å². The van der Waals surface area contributed by atoms with E-state index in [-0.39, 0.29) is 30.6 Å². The largest absolute Gasteiger partial charge is 0.345 e. The number of nitrogens with zero attached hydrogens (tertiary/aromatic N) is 3. The van der Waals surface area contributed by atoms with E-state index in [9.17, 15) is 14.4 Å². The Morgan fingerprint density at radius 1 is 1.08 bits per heavy atom. The zero-order chi connectivity index (χ0) is 17.1. The third kappa shape index (κ3) is 3.06. The van der Waals surface area contributed by atoms with Crippen LogP contribution in [0.4, 0.5) is 0 Å². The monoisotopic (exact) mass is 330 g/mol. The second-order valence-corrected chi connectivity index (χ2v) is 5.97. The van der Waals surface area contributed by atoms with Crippen molar-refractivity contribution in [1.82, 2.24) is 19.4 Å². The molecule has 2 amide bonds. The molecule has 0 bridgehead atoms. The number of nitrogens with one attached hydrogen (secondary N) is 1. The van der Waals surface area contributed by atoms with Gasteiger partial charge in [0, 0.05) is 19.6 Å². The molecule has 3 rings (SSSR count). The van der Waals surface area contributed by atoms with E-state index < -0.39 is 0 Å². The quantitative estimate of drug-likeness (QED) is 0.870. The van der Waals surface area contributed by atoms with Gasteiger partial charge in [0.05, 0.1) is 17.6 Å². The Hall–Kier alpha value is -2.57. The first-order valence-corrected chi connectivity index (χ1v) is 8.34. The zero-order valence-corrected chi connectivity index (χ0v) is 13.8. The maximum Gasteiger partial charge on any atom is 0.329 e. The fraction of sp³-hybridized carbons (Fsp3) is 0.471. The van der Waals surface area contributed by atoms with Crippen LogP contribution in [0.2, 0.25) is 0 Å². The van der Waals surface area contributed by atoms with Crippen LogP contribution in [-0.2, 0) is 22.7 Å². The third-order valence-electron chi connectivity index (χ3n) is 4.44. The van der Waals surface area contributed by atoms with Gasteiger partial charge in [-0.2, -0.15) is 0 Å². The van der Waals surface area contributed by atoms with Crippen molar-refractivity contribution in [2.45, 2.75) is 32.9 Å². The highest BCUT2D eigenvalue weighted by Gasteiger charge is 2.19. The van der Waals surface area contributed by atoms with Crippen molar-refractivity contribution >= 4 is 22.8 Å². The summed E-state index contributed by atoms with van der Waals surface area (Å²) in [5.41, 5.74) is 1.33. The van der Waals surface area contributed by atoms with Gasteiger partial charge in [0.2, 0.25) is 11.8 Å². The minimum Gasteiger partial charge on any atom is -0.345 e. The van der Waals surface area contributed by atoms with Crippen molar-refractivity contribution in [2.24, 2.45) is 0 Å². The zero-order valence-electron chi connectivity index (χ0n) is 13.8. The molecule has 2 aromatic rings. The molecule has 1 saturated heterocycles. The van der Waals surface area contributed by atoms with Crippen molar-refractivity contribution in [1.29, 1.82) is 0 Å². The van der Waals surface area contributed by atoms with E-state index in [4.69, 9.17) is 0 Å². The Morgan fingerprint density at radius 3 is 2.33 bits per heavy atom. The second-order valence-electron chi connectivity index (χ2n) is 5.97. The van der Waals surface area contributed by atoms with Crippen molar-refractivity contribution in [3.8, 4) is 0 Å². The molecule has 128 valence electrons. The van der Waals surface area contributed by atoms with Gasteiger partial charge in [-0.05, 0) is 31.9 Å². The number of carbonyl (C=O) groups is 2. The van der Waals surface area contributed by atoms with Crippen LogP contribution in [0.3, 0.4) is 0 Å². The van der Waals surface area contributed by atoms with Crippen LogP contribution in [0.25, 0.3) is 11.0 Å². The highest BCUT2D eigenvalue weighted by atomic mass is 16.2. The number of aryl methyl sites for hydroxylation is 1. The van der Waals surface area contributed by atoms with Crippen molar-refractivity contribution in [2.75, 3.05) is 19.6 Å². The Kier molecular flexibility index (Phi) is 4.69. The lowest BCUT2D eigenvalue weighted by Crippen LogP contribution is -2.40. The molecule has 1 N–H and O–H groups in total. The molecule has 0 saturated carbocycles. The first-order chi connectivity index (χ1) is 11.6. The van der Waals surface area contributed by atoms with Gasteiger partial charge in [0.1, 0.15) is 6.54 Å². The minimum absolute atomic E-state index is 0.0139. The van der Waals surface area contributed by atoms with E-state index >= 15 is 0 Å².